The Balaban J connectivity index is 3.33. The van der Waals surface area contributed by atoms with Crippen LogP contribution < -0.4 is 5.46 Å². The van der Waals surface area contributed by atoms with E-state index in [1.54, 1.807) is 12.1 Å². The molecule has 0 aromatic heterocycles. The smallest absolute Gasteiger partial charge is 0.423 e. The summed E-state index contributed by atoms with van der Waals surface area (Å²) >= 11 is 0. The Labute approximate surface area is 91.6 Å². The minimum Gasteiger partial charge on any atom is -0.423 e. The number of nitrogens with zero attached hydrogens (tertiary/aromatic N) is 2. The Morgan fingerprint density at radius 2 is 1.94 bits per heavy atom. The second kappa shape index (κ2) is 5.08. The van der Waals surface area contributed by atoms with Crippen molar-refractivity contribution in [3.05, 3.63) is 35.2 Å². The summed E-state index contributed by atoms with van der Waals surface area (Å²) in [6, 6.07) is 6.46. The Morgan fingerprint density at radius 3 is 2.44 bits per heavy atom. The summed E-state index contributed by atoms with van der Waals surface area (Å²) in [5.74, 6) is -0.592. The van der Waals surface area contributed by atoms with Crippen LogP contribution >= 0.6 is 0 Å². The van der Waals surface area contributed by atoms with E-state index in [0.29, 0.717) is 0 Å². The largest absolute Gasteiger partial charge is 0.489 e. The molecule has 0 aliphatic heterocycles. The van der Waals surface area contributed by atoms with Gasteiger partial charge in [-0.05, 0) is 29.2 Å². The number of benzene rings is 1. The van der Waals surface area contributed by atoms with E-state index in [1.807, 2.05) is 0 Å². The normalized spacial score (nSPS) is 8.81. The Bertz CT molecular complexity index is 499. The summed E-state index contributed by atoms with van der Waals surface area (Å²) in [6.07, 6.45) is 1.10. The summed E-state index contributed by atoms with van der Waals surface area (Å²) < 4.78 is 12.9. The quantitative estimate of drug-likeness (QED) is 0.535. The molecular formula is C10H6BFN2O2. The molecule has 6 heteroatoms. The first kappa shape index (κ1) is 11.9. The topological polar surface area (TPSA) is 88.0 Å². The summed E-state index contributed by atoms with van der Waals surface area (Å²) in [7, 11) is -1.79. The lowest BCUT2D eigenvalue weighted by Crippen LogP contribution is -2.32. The lowest BCUT2D eigenvalue weighted by Gasteiger charge is -2.04. The van der Waals surface area contributed by atoms with Crippen molar-refractivity contribution in [1.82, 2.24) is 0 Å². The number of halogens is 1. The van der Waals surface area contributed by atoms with Crippen molar-refractivity contribution in [2.45, 2.75) is 0 Å². The molecule has 16 heavy (non-hydrogen) atoms. The second-order valence-corrected chi connectivity index (χ2v) is 2.93. The van der Waals surface area contributed by atoms with Gasteiger partial charge in [-0.25, -0.2) is 4.39 Å². The van der Waals surface area contributed by atoms with Crippen molar-refractivity contribution < 1.29 is 14.4 Å². The molecule has 0 amide bonds. The molecule has 1 aromatic carbocycles. The van der Waals surface area contributed by atoms with Gasteiger partial charge in [0, 0.05) is 0 Å². The number of rotatable bonds is 2. The molecule has 1 aromatic rings. The van der Waals surface area contributed by atoms with E-state index in [1.165, 1.54) is 6.07 Å². The second-order valence-electron chi connectivity index (χ2n) is 2.93. The van der Waals surface area contributed by atoms with Crippen molar-refractivity contribution in [2.75, 3.05) is 0 Å². The molecule has 0 spiro atoms. The average Bonchev–Trinajstić information content (AvgIpc) is 2.25. The van der Waals surface area contributed by atoms with Crippen LogP contribution in [-0.4, -0.2) is 17.2 Å². The average molecular weight is 216 g/mol. The molecule has 0 fully saturated rings. The molecule has 0 aliphatic rings. The van der Waals surface area contributed by atoms with Gasteiger partial charge in [0.1, 0.15) is 23.5 Å². The van der Waals surface area contributed by atoms with Crippen molar-refractivity contribution in [3.8, 4) is 12.1 Å². The van der Waals surface area contributed by atoms with Crippen LogP contribution in [0.15, 0.2) is 23.8 Å². The number of allylic oxidation sites excluding steroid dienone is 1. The Kier molecular flexibility index (Phi) is 3.79. The van der Waals surface area contributed by atoms with Gasteiger partial charge in [0.25, 0.3) is 0 Å². The van der Waals surface area contributed by atoms with Crippen LogP contribution in [0.2, 0.25) is 0 Å². The lowest BCUT2D eigenvalue weighted by molar-refractivity contribution is 0.425. The minimum absolute atomic E-state index is 0.0319. The molecule has 0 bridgehead atoms. The van der Waals surface area contributed by atoms with E-state index in [2.05, 4.69) is 0 Å². The third kappa shape index (κ3) is 2.67. The number of nitriles is 2. The highest BCUT2D eigenvalue weighted by Crippen LogP contribution is 2.07. The van der Waals surface area contributed by atoms with Crippen molar-refractivity contribution in [3.63, 3.8) is 0 Å². The molecule has 0 atom stereocenters. The summed E-state index contributed by atoms with van der Waals surface area (Å²) in [4.78, 5) is 0. The van der Waals surface area contributed by atoms with E-state index in [4.69, 9.17) is 20.6 Å². The molecule has 78 valence electrons. The van der Waals surface area contributed by atoms with Gasteiger partial charge >= 0.3 is 7.12 Å². The molecule has 2 N–H and O–H groups in total. The van der Waals surface area contributed by atoms with Crippen molar-refractivity contribution in [2.24, 2.45) is 0 Å². The third-order valence-electron chi connectivity index (χ3n) is 1.87. The zero-order valence-electron chi connectivity index (χ0n) is 8.05. The van der Waals surface area contributed by atoms with Gasteiger partial charge in [-0.2, -0.15) is 10.5 Å². The van der Waals surface area contributed by atoms with Gasteiger partial charge in [0.05, 0.1) is 0 Å². The lowest BCUT2D eigenvalue weighted by atomic mass is 9.76. The molecule has 0 heterocycles. The highest BCUT2D eigenvalue weighted by molar-refractivity contribution is 6.59. The Hall–Kier alpha value is -2.15. The Morgan fingerprint density at radius 1 is 1.31 bits per heavy atom. The molecule has 0 radical (unpaired) electrons. The summed E-state index contributed by atoms with van der Waals surface area (Å²) in [5.41, 5.74) is -0.120. The summed E-state index contributed by atoms with van der Waals surface area (Å²) in [6.45, 7) is 0. The fraction of sp³-hybridized carbons (Fsp3) is 0. The van der Waals surface area contributed by atoms with E-state index in [9.17, 15) is 4.39 Å². The van der Waals surface area contributed by atoms with Gasteiger partial charge in [-0.1, -0.05) is 6.07 Å². The monoisotopic (exact) mass is 216 g/mol. The molecule has 4 nitrogen and oxygen atoms in total. The third-order valence-corrected chi connectivity index (χ3v) is 1.87. The fourth-order valence-electron chi connectivity index (χ4n) is 1.15. The first-order chi connectivity index (χ1) is 7.58. The molecule has 0 saturated heterocycles. The first-order valence-electron chi connectivity index (χ1n) is 4.26. The summed E-state index contributed by atoms with van der Waals surface area (Å²) in [5, 5.41) is 35.0. The molecule has 1 rings (SSSR count). The molecule has 0 unspecified atom stereocenters. The van der Waals surface area contributed by atoms with Crippen LogP contribution in [0.5, 0.6) is 0 Å². The maximum absolute atomic E-state index is 12.9. The van der Waals surface area contributed by atoms with Crippen LogP contribution in [0.4, 0.5) is 4.39 Å². The zero-order chi connectivity index (χ0) is 12.1. The van der Waals surface area contributed by atoms with Gasteiger partial charge in [-0.15, -0.1) is 0 Å². The van der Waals surface area contributed by atoms with Gasteiger partial charge < -0.3 is 10.0 Å². The van der Waals surface area contributed by atoms with E-state index < -0.39 is 12.9 Å². The predicted octanol–water partition coefficient (Wildman–Crippen LogP) is -0.0639. The number of hydrogen-bond donors (Lipinski definition) is 2. The van der Waals surface area contributed by atoms with Crippen LogP contribution in [0.3, 0.4) is 0 Å². The number of hydrogen-bond acceptors (Lipinski definition) is 4. The fourth-order valence-corrected chi connectivity index (χ4v) is 1.15. The van der Waals surface area contributed by atoms with E-state index in [0.717, 1.165) is 18.2 Å². The highest BCUT2D eigenvalue weighted by Gasteiger charge is 2.15. The maximum Gasteiger partial charge on any atom is 0.489 e. The molecule has 0 aliphatic carbocycles. The maximum atomic E-state index is 12.9. The van der Waals surface area contributed by atoms with Gasteiger partial charge in [-0.3, -0.25) is 0 Å². The van der Waals surface area contributed by atoms with Crippen LogP contribution in [0, 0.1) is 28.5 Å². The molecule has 0 saturated carbocycles. The SMILES string of the molecule is N#CC(C#N)=Cc1cc(F)ccc1B(O)O. The standard InChI is InChI=1S/C10H6BFN2O2/c12-9-1-2-10(11(15)16)8(4-9)3-7(5-13)6-14/h1-4,15-16H. The van der Waals surface area contributed by atoms with Gasteiger partial charge in [0.15, 0.2) is 0 Å². The van der Waals surface area contributed by atoms with Crippen molar-refractivity contribution >= 4 is 18.7 Å². The minimum atomic E-state index is -1.79. The van der Waals surface area contributed by atoms with Crippen LogP contribution in [0.1, 0.15) is 5.56 Å². The zero-order valence-corrected chi connectivity index (χ0v) is 8.05. The van der Waals surface area contributed by atoms with E-state index >= 15 is 0 Å². The van der Waals surface area contributed by atoms with Crippen molar-refractivity contribution in [1.29, 1.82) is 10.5 Å². The van der Waals surface area contributed by atoms with Crippen LogP contribution in [-0.2, 0) is 0 Å². The molecular weight excluding hydrogens is 210 g/mol. The van der Waals surface area contributed by atoms with Crippen LogP contribution in [0.25, 0.3) is 6.08 Å². The van der Waals surface area contributed by atoms with E-state index in [-0.39, 0.29) is 16.6 Å². The van der Waals surface area contributed by atoms with Gasteiger partial charge in [0.2, 0.25) is 0 Å². The highest BCUT2D eigenvalue weighted by atomic mass is 19.1. The first-order valence-corrected chi connectivity index (χ1v) is 4.26. The predicted molar refractivity (Wildman–Crippen MR) is 55.4 cm³/mol.